The molecule has 6 nitrogen and oxygen atoms in total. The van der Waals surface area contributed by atoms with Crippen molar-refractivity contribution in [2.75, 3.05) is 60.8 Å². The zero-order valence-corrected chi connectivity index (χ0v) is 25.4. The van der Waals surface area contributed by atoms with Crippen LogP contribution in [0.2, 0.25) is 0 Å². The molecule has 3 fully saturated rings. The summed E-state index contributed by atoms with van der Waals surface area (Å²) in [6, 6.07) is 1.58. The molecule has 0 aromatic carbocycles. The van der Waals surface area contributed by atoms with Gasteiger partial charge in [-0.25, -0.2) is 0 Å². The molecule has 0 spiro atoms. The van der Waals surface area contributed by atoms with Gasteiger partial charge in [0, 0.05) is 62.6 Å². The number of rotatable bonds is 12. The van der Waals surface area contributed by atoms with Gasteiger partial charge in [-0.2, -0.15) is 0 Å². The first-order valence-electron chi connectivity index (χ1n) is 14.6. The molecule has 5 atom stereocenters. The molecule has 0 bridgehead atoms. The molecule has 3 heterocycles. The lowest BCUT2D eigenvalue weighted by Gasteiger charge is -2.45. The summed E-state index contributed by atoms with van der Waals surface area (Å²) >= 11 is 0. The van der Waals surface area contributed by atoms with Crippen molar-refractivity contribution in [2.45, 2.75) is 122 Å². The average Bonchev–Trinajstić information content (AvgIpc) is 3.48. The van der Waals surface area contributed by atoms with Gasteiger partial charge >= 0.3 is 0 Å². The third-order valence-electron chi connectivity index (χ3n) is 9.59. The van der Waals surface area contributed by atoms with Crippen LogP contribution in [0.4, 0.5) is 0 Å². The van der Waals surface area contributed by atoms with Crippen LogP contribution in [0.25, 0.3) is 0 Å². The molecule has 36 heavy (non-hydrogen) atoms. The molecule has 6 heteroatoms. The Balaban J connectivity index is 1.68. The third-order valence-corrected chi connectivity index (χ3v) is 9.59. The zero-order chi connectivity index (χ0) is 26.7. The van der Waals surface area contributed by atoms with Crippen LogP contribution in [-0.4, -0.2) is 110 Å². The predicted molar refractivity (Wildman–Crippen MR) is 150 cm³/mol. The van der Waals surface area contributed by atoms with E-state index in [1.807, 2.05) is 21.3 Å². The lowest BCUT2D eigenvalue weighted by Crippen LogP contribution is -2.53. The molecule has 0 N–H and O–H groups in total. The highest BCUT2D eigenvalue weighted by atomic mass is 16.5. The fourth-order valence-corrected chi connectivity index (χ4v) is 8.22. The highest BCUT2D eigenvalue weighted by Crippen LogP contribution is 2.42. The van der Waals surface area contributed by atoms with E-state index in [-0.39, 0.29) is 16.6 Å². The second kappa shape index (κ2) is 12.3. The first-order valence-corrected chi connectivity index (χ1v) is 14.6. The molecule has 3 unspecified atom stereocenters. The second-order valence-corrected chi connectivity index (χ2v) is 14.3. The highest BCUT2D eigenvalue weighted by molar-refractivity contribution is 5.02. The molecule has 3 aliphatic rings. The topological polar surface area (TPSA) is 37.4 Å². The van der Waals surface area contributed by atoms with Crippen LogP contribution in [0.5, 0.6) is 0 Å². The lowest BCUT2D eigenvalue weighted by molar-refractivity contribution is 0.00338. The Hall–Kier alpha value is -0.240. The maximum atomic E-state index is 5.86. The summed E-state index contributed by atoms with van der Waals surface area (Å²) in [5, 5.41) is 0. The second-order valence-electron chi connectivity index (χ2n) is 14.3. The van der Waals surface area contributed by atoms with E-state index < -0.39 is 0 Å². The molecule has 0 aliphatic carbocycles. The molecule has 0 aromatic rings. The van der Waals surface area contributed by atoms with E-state index in [4.69, 9.17) is 14.2 Å². The Labute approximate surface area is 223 Å². The Kier molecular flexibility index (Phi) is 10.4. The van der Waals surface area contributed by atoms with Crippen molar-refractivity contribution in [2.24, 2.45) is 11.8 Å². The van der Waals surface area contributed by atoms with Gasteiger partial charge < -0.3 is 14.2 Å². The Morgan fingerprint density at radius 3 is 1.89 bits per heavy atom. The minimum atomic E-state index is 0.157. The van der Waals surface area contributed by atoms with E-state index in [9.17, 15) is 0 Å². The Morgan fingerprint density at radius 1 is 0.667 bits per heavy atom. The van der Waals surface area contributed by atoms with Crippen LogP contribution < -0.4 is 0 Å². The summed E-state index contributed by atoms with van der Waals surface area (Å²) in [7, 11) is 5.57. The van der Waals surface area contributed by atoms with Crippen LogP contribution in [0, 0.1) is 11.8 Å². The number of hydrogen-bond acceptors (Lipinski definition) is 6. The van der Waals surface area contributed by atoms with E-state index in [0.29, 0.717) is 30.0 Å². The van der Waals surface area contributed by atoms with E-state index in [2.05, 4.69) is 63.2 Å². The first kappa shape index (κ1) is 30.3. The molecular weight excluding hydrogens is 450 g/mol. The molecule has 0 saturated carbocycles. The molecule has 3 saturated heterocycles. The number of hydrogen-bond donors (Lipinski definition) is 0. The van der Waals surface area contributed by atoms with Gasteiger partial charge in [-0.3, -0.25) is 14.7 Å². The minimum Gasteiger partial charge on any atom is -0.383 e. The molecule has 0 amide bonds. The molecule has 3 aliphatic heterocycles. The summed E-state index contributed by atoms with van der Waals surface area (Å²) in [5.74, 6) is 1.37. The standard InChI is InChI=1S/C30H59N3O3/c1-28(2,3)33-19-23(16-26(33)21-35-9)17-29(4,5)32-15-13-24(27(32)22-36-10)18-30(6,7)31-14-11-12-25(31)20-34-8/h23-27H,11-22H2,1-10H3/t23?,24?,25?,26-,27-/m1/s1. The van der Waals surface area contributed by atoms with Crippen molar-refractivity contribution < 1.29 is 14.2 Å². The van der Waals surface area contributed by atoms with E-state index in [0.717, 1.165) is 19.8 Å². The van der Waals surface area contributed by atoms with Crippen molar-refractivity contribution in [3.63, 3.8) is 0 Å². The number of nitrogens with zero attached hydrogens (tertiary/aromatic N) is 3. The molecule has 0 aromatic heterocycles. The van der Waals surface area contributed by atoms with Crippen molar-refractivity contribution >= 4 is 0 Å². The first-order chi connectivity index (χ1) is 16.8. The number of ether oxygens (including phenoxy) is 3. The van der Waals surface area contributed by atoms with Gasteiger partial charge in [0.15, 0.2) is 0 Å². The highest BCUT2D eigenvalue weighted by Gasteiger charge is 2.47. The van der Waals surface area contributed by atoms with E-state index in [1.54, 1.807) is 0 Å². The van der Waals surface area contributed by atoms with Crippen LogP contribution in [-0.2, 0) is 14.2 Å². The summed E-state index contributed by atoms with van der Waals surface area (Å²) in [6.07, 6.45) is 7.53. The van der Waals surface area contributed by atoms with Crippen LogP contribution in [0.3, 0.4) is 0 Å². The van der Waals surface area contributed by atoms with Crippen LogP contribution >= 0.6 is 0 Å². The molecule has 3 rings (SSSR count). The molecule has 212 valence electrons. The largest absolute Gasteiger partial charge is 0.383 e. The van der Waals surface area contributed by atoms with Crippen molar-refractivity contribution in [1.29, 1.82) is 0 Å². The maximum absolute atomic E-state index is 5.86. The van der Waals surface area contributed by atoms with Gasteiger partial charge in [-0.1, -0.05) is 0 Å². The zero-order valence-electron chi connectivity index (χ0n) is 25.4. The van der Waals surface area contributed by atoms with Gasteiger partial charge in [-0.15, -0.1) is 0 Å². The normalized spacial score (nSPS) is 31.7. The van der Waals surface area contributed by atoms with Crippen LogP contribution in [0.1, 0.15) is 87.0 Å². The van der Waals surface area contributed by atoms with Gasteiger partial charge in [0.05, 0.1) is 19.8 Å². The van der Waals surface area contributed by atoms with Gasteiger partial charge in [-0.05, 0) is 112 Å². The fraction of sp³-hybridized carbons (Fsp3) is 1.00. The molecule has 0 radical (unpaired) electrons. The molecular formula is C30H59N3O3. The average molecular weight is 510 g/mol. The number of likely N-dealkylation sites (tertiary alicyclic amines) is 3. The van der Waals surface area contributed by atoms with Gasteiger partial charge in [0.2, 0.25) is 0 Å². The summed E-state index contributed by atoms with van der Waals surface area (Å²) in [5.41, 5.74) is 0.522. The number of methoxy groups -OCH3 is 3. The van der Waals surface area contributed by atoms with E-state index in [1.165, 1.54) is 58.2 Å². The smallest absolute Gasteiger partial charge is 0.0620 e. The lowest BCUT2D eigenvalue weighted by atomic mass is 9.83. The maximum Gasteiger partial charge on any atom is 0.0620 e. The van der Waals surface area contributed by atoms with Crippen molar-refractivity contribution in [3.8, 4) is 0 Å². The summed E-state index contributed by atoms with van der Waals surface area (Å²) < 4.78 is 17.1. The minimum absolute atomic E-state index is 0.157. The monoisotopic (exact) mass is 509 g/mol. The van der Waals surface area contributed by atoms with E-state index >= 15 is 0 Å². The van der Waals surface area contributed by atoms with Gasteiger partial charge in [0.25, 0.3) is 0 Å². The SMILES string of the molecule is COCC1CCCN1C(C)(C)CC1CCN(C(C)(C)CC2C[C@H](COC)N(C(C)(C)C)C2)[C@@H]1COC. The summed E-state index contributed by atoms with van der Waals surface area (Å²) in [6.45, 7) is 23.0. The fourth-order valence-electron chi connectivity index (χ4n) is 8.22. The quantitative estimate of drug-likeness (QED) is 0.372. The Morgan fingerprint density at radius 2 is 1.28 bits per heavy atom. The van der Waals surface area contributed by atoms with Gasteiger partial charge in [0.1, 0.15) is 0 Å². The summed E-state index contributed by atoms with van der Waals surface area (Å²) in [4.78, 5) is 8.24. The third kappa shape index (κ3) is 7.04. The Bertz CT molecular complexity index is 677. The van der Waals surface area contributed by atoms with Crippen LogP contribution in [0.15, 0.2) is 0 Å². The predicted octanol–water partition coefficient (Wildman–Crippen LogP) is 4.91. The van der Waals surface area contributed by atoms with Crippen molar-refractivity contribution in [3.05, 3.63) is 0 Å². The van der Waals surface area contributed by atoms with Crippen molar-refractivity contribution in [1.82, 2.24) is 14.7 Å².